The van der Waals surface area contributed by atoms with Crippen molar-refractivity contribution in [2.24, 2.45) is 0 Å². The molecule has 0 aliphatic carbocycles. The average Bonchev–Trinajstić information content (AvgIpc) is 2.47. The van der Waals surface area contributed by atoms with Gasteiger partial charge in [-0.15, -0.1) is 0 Å². The van der Waals surface area contributed by atoms with Gasteiger partial charge in [-0.1, -0.05) is 0 Å². The molecule has 1 aromatic carbocycles. The van der Waals surface area contributed by atoms with Crippen LogP contribution in [0.4, 0.5) is 5.69 Å². The lowest BCUT2D eigenvalue weighted by Gasteiger charge is -2.29. The van der Waals surface area contributed by atoms with Crippen molar-refractivity contribution < 1.29 is 19.4 Å². The number of carbonyl (C=O) groups excluding carboxylic acids is 1. The van der Waals surface area contributed by atoms with Gasteiger partial charge in [0.1, 0.15) is 11.5 Å². The SMILES string of the molecule is COc1ccc(NC(=O)CN2CCCC(O)C2)c(OC)c1. The summed E-state index contributed by atoms with van der Waals surface area (Å²) in [5.74, 6) is 1.11. The standard InChI is InChI=1S/C15H22N2O4/c1-20-12-5-6-13(14(8-12)21-2)16-15(19)10-17-7-3-4-11(18)9-17/h5-6,8,11,18H,3-4,7,9-10H2,1-2H3,(H,16,19). The van der Waals surface area contributed by atoms with Crippen LogP contribution in [-0.4, -0.2) is 55.9 Å². The molecule has 0 saturated carbocycles. The van der Waals surface area contributed by atoms with Gasteiger partial charge in [0, 0.05) is 12.6 Å². The summed E-state index contributed by atoms with van der Waals surface area (Å²) in [6, 6.07) is 5.24. The Morgan fingerprint density at radius 1 is 1.43 bits per heavy atom. The van der Waals surface area contributed by atoms with Gasteiger partial charge in [-0.25, -0.2) is 0 Å². The number of aliphatic hydroxyl groups is 1. The number of nitrogens with one attached hydrogen (secondary N) is 1. The smallest absolute Gasteiger partial charge is 0.238 e. The van der Waals surface area contributed by atoms with Crippen molar-refractivity contribution >= 4 is 11.6 Å². The molecule has 2 rings (SSSR count). The third-order valence-corrected chi connectivity index (χ3v) is 3.53. The fourth-order valence-corrected chi connectivity index (χ4v) is 2.47. The zero-order valence-electron chi connectivity index (χ0n) is 12.5. The first-order valence-electron chi connectivity index (χ1n) is 7.04. The fourth-order valence-electron chi connectivity index (χ4n) is 2.47. The summed E-state index contributed by atoms with van der Waals surface area (Å²) in [6.07, 6.45) is 1.40. The summed E-state index contributed by atoms with van der Waals surface area (Å²) >= 11 is 0. The summed E-state index contributed by atoms with van der Waals surface area (Å²) < 4.78 is 10.4. The van der Waals surface area contributed by atoms with Gasteiger partial charge in [-0.05, 0) is 31.5 Å². The Balaban J connectivity index is 1.95. The summed E-state index contributed by atoms with van der Waals surface area (Å²) in [6.45, 7) is 1.66. The van der Waals surface area contributed by atoms with E-state index in [9.17, 15) is 9.90 Å². The van der Waals surface area contributed by atoms with Gasteiger partial charge in [-0.2, -0.15) is 0 Å². The lowest BCUT2D eigenvalue weighted by molar-refractivity contribution is -0.118. The van der Waals surface area contributed by atoms with E-state index in [1.54, 1.807) is 32.4 Å². The first-order valence-corrected chi connectivity index (χ1v) is 7.04. The highest BCUT2D eigenvalue weighted by Crippen LogP contribution is 2.28. The van der Waals surface area contributed by atoms with Crippen molar-refractivity contribution in [2.45, 2.75) is 18.9 Å². The van der Waals surface area contributed by atoms with Crippen LogP contribution in [0, 0.1) is 0 Å². The molecule has 1 unspecified atom stereocenters. The number of hydrogen-bond donors (Lipinski definition) is 2. The molecule has 1 aromatic rings. The van der Waals surface area contributed by atoms with E-state index < -0.39 is 0 Å². The Kier molecular flexibility index (Phi) is 5.41. The van der Waals surface area contributed by atoms with Crippen molar-refractivity contribution in [3.63, 3.8) is 0 Å². The van der Waals surface area contributed by atoms with E-state index in [2.05, 4.69) is 5.32 Å². The Morgan fingerprint density at radius 3 is 2.90 bits per heavy atom. The number of aliphatic hydroxyl groups excluding tert-OH is 1. The van der Waals surface area contributed by atoms with Gasteiger partial charge in [0.25, 0.3) is 0 Å². The number of hydrogen-bond acceptors (Lipinski definition) is 5. The van der Waals surface area contributed by atoms with E-state index >= 15 is 0 Å². The third-order valence-electron chi connectivity index (χ3n) is 3.53. The second kappa shape index (κ2) is 7.28. The number of β-amino-alcohol motifs (C(OH)–C–C–N with tert-alkyl or cyclic N) is 1. The molecular weight excluding hydrogens is 272 g/mol. The maximum Gasteiger partial charge on any atom is 0.238 e. The first kappa shape index (κ1) is 15.6. The summed E-state index contributed by atoms with van der Waals surface area (Å²) in [5, 5.41) is 12.4. The number of anilines is 1. The first-order chi connectivity index (χ1) is 10.1. The van der Waals surface area contributed by atoms with E-state index in [0.717, 1.165) is 19.4 Å². The molecule has 0 aromatic heterocycles. The predicted octanol–water partition coefficient (Wildman–Crippen LogP) is 1.10. The van der Waals surface area contributed by atoms with Crippen molar-refractivity contribution in [3.05, 3.63) is 18.2 Å². The number of amides is 1. The molecule has 6 nitrogen and oxygen atoms in total. The Labute approximate surface area is 124 Å². The van der Waals surface area contributed by atoms with E-state index in [0.29, 0.717) is 23.7 Å². The zero-order valence-corrected chi connectivity index (χ0v) is 12.5. The van der Waals surface area contributed by atoms with E-state index in [4.69, 9.17) is 9.47 Å². The van der Waals surface area contributed by atoms with Crippen LogP contribution in [0.3, 0.4) is 0 Å². The minimum absolute atomic E-state index is 0.118. The van der Waals surface area contributed by atoms with Crippen molar-refractivity contribution in [2.75, 3.05) is 39.2 Å². The van der Waals surface area contributed by atoms with E-state index in [1.807, 2.05) is 4.90 Å². The van der Waals surface area contributed by atoms with Crippen LogP contribution >= 0.6 is 0 Å². The molecular formula is C15H22N2O4. The normalized spacial score (nSPS) is 19.1. The zero-order chi connectivity index (χ0) is 15.2. The van der Waals surface area contributed by atoms with Crippen LogP contribution in [0.25, 0.3) is 0 Å². The number of nitrogens with zero attached hydrogens (tertiary/aromatic N) is 1. The third kappa shape index (κ3) is 4.34. The molecule has 0 spiro atoms. The monoisotopic (exact) mass is 294 g/mol. The fraction of sp³-hybridized carbons (Fsp3) is 0.533. The second-order valence-electron chi connectivity index (χ2n) is 5.15. The van der Waals surface area contributed by atoms with Crippen LogP contribution in [0.15, 0.2) is 18.2 Å². The number of benzene rings is 1. The van der Waals surface area contributed by atoms with E-state index in [1.165, 1.54) is 0 Å². The van der Waals surface area contributed by atoms with Gasteiger partial charge in [-0.3, -0.25) is 9.69 Å². The number of carbonyl (C=O) groups is 1. The van der Waals surface area contributed by atoms with Gasteiger partial charge >= 0.3 is 0 Å². The van der Waals surface area contributed by atoms with Crippen molar-refractivity contribution in [1.29, 1.82) is 0 Å². The van der Waals surface area contributed by atoms with Gasteiger partial charge in [0.15, 0.2) is 0 Å². The molecule has 116 valence electrons. The Hall–Kier alpha value is -1.79. The predicted molar refractivity (Wildman–Crippen MR) is 79.9 cm³/mol. The highest BCUT2D eigenvalue weighted by Gasteiger charge is 2.20. The molecule has 1 heterocycles. The van der Waals surface area contributed by atoms with Crippen LogP contribution in [0.1, 0.15) is 12.8 Å². The molecule has 1 amide bonds. The molecule has 1 aliphatic rings. The Morgan fingerprint density at radius 2 is 2.24 bits per heavy atom. The highest BCUT2D eigenvalue weighted by atomic mass is 16.5. The topological polar surface area (TPSA) is 71.0 Å². The summed E-state index contributed by atoms with van der Waals surface area (Å²) in [5.41, 5.74) is 0.612. The lowest BCUT2D eigenvalue weighted by atomic mass is 10.1. The molecule has 21 heavy (non-hydrogen) atoms. The number of methoxy groups -OCH3 is 2. The molecule has 2 N–H and O–H groups in total. The molecule has 1 atom stereocenters. The number of rotatable bonds is 5. The summed E-state index contributed by atoms with van der Waals surface area (Å²) in [4.78, 5) is 14.0. The minimum Gasteiger partial charge on any atom is -0.497 e. The number of ether oxygens (including phenoxy) is 2. The van der Waals surface area contributed by atoms with Gasteiger partial charge in [0.05, 0.1) is 32.6 Å². The second-order valence-corrected chi connectivity index (χ2v) is 5.15. The molecule has 0 bridgehead atoms. The van der Waals surface area contributed by atoms with Gasteiger partial charge in [0.2, 0.25) is 5.91 Å². The molecule has 1 saturated heterocycles. The number of piperidine rings is 1. The summed E-state index contributed by atoms with van der Waals surface area (Å²) in [7, 11) is 3.13. The largest absolute Gasteiger partial charge is 0.497 e. The van der Waals surface area contributed by atoms with Crippen LogP contribution in [0.2, 0.25) is 0 Å². The van der Waals surface area contributed by atoms with E-state index in [-0.39, 0.29) is 18.6 Å². The molecule has 1 fully saturated rings. The number of likely N-dealkylation sites (tertiary alicyclic amines) is 1. The van der Waals surface area contributed by atoms with Crippen molar-refractivity contribution in [1.82, 2.24) is 4.90 Å². The van der Waals surface area contributed by atoms with Crippen LogP contribution in [-0.2, 0) is 4.79 Å². The van der Waals surface area contributed by atoms with Crippen LogP contribution < -0.4 is 14.8 Å². The average molecular weight is 294 g/mol. The highest BCUT2D eigenvalue weighted by molar-refractivity contribution is 5.93. The molecule has 1 aliphatic heterocycles. The van der Waals surface area contributed by atoms with Gasteiger partial charge < -0.3 is 19.9 Å². The molecule has 0 radical (unpaired) electrons. The Bertz CT molecular complexity index is 493. The minimum atomic E-state index is -0.331. The molecule has 6 heteroatoms. The van der Waals surface area contributed by atoms with Crippen LogP contribution in [0.5, 0.6) is 11.5 Å². The quantitative estimate of drug-likeness (QED) is 0.851. The maximum atomic E-state index is 12.1. The lowest BCUT2D eigenvalue weighted by Crippen LogP contribution is -2.42. The van der Waals surface area contributed by atoms with Crippen molar-refractivity contribution in [3.8, 4) is 11.5 Å². The maximum absolute atomic E-state index is 12.1.